The van der Waals surface area contributed by atoms with E-state index in [0.717, 1.165) is 24.1 Å². The van der Waals surface area contributed by atoms with E-state index in [9.17, 15) is 10.2 Å². The van der Waals surface area contributed by atoms with Crippen molar-refractivity contribution in [1.29, 1.82) is 0 Å². The largest absolute Gasteiger partial charge is 0.504 e. The van der Waals surface area contributed by atoms with E-state index >= 15 is 0 Å². The number of hydrogen-bond donors (Lipinski definition) is 2. The van der Waals surface area contributed by atoms with E-state index < -0.39 is 0 Å². The summed E-state index contributed by atoms with van der Waals surface area (Å²) < 4.78 is 5.32. The molecule has 4 nitrogen and oxygen atoms in total. The third kappa shape index (κ3) is 3.55. The predicted octanol–water partition coefficient (Wildman–Crippen LogP) is 3.22. The van der Waals surface area contributed by atoms with Gasteiger partial charge in [-0.3, -0.25) is 4.90 Å². The number of hydrogen-bond acceptors (Lipinski definition) is 4. The highest BCUT2D eigenvalue weighted by molar-refractivity contribution is 5.49. The van der Waals surface area contributed by atoms with Crippen molar-refractivity contribution in [2.24, 2.45) is 0 Å². The Morgan fingerprint density at radius 1 is 1.32 bits per heavy atom. The van der Waals surface area contributed by atoms with Crippen LogP contribution in [0.25, 0.3) is 0 Å². The molecule has 1 atom stereocenters. The molecule has 0 bridgehead atoms. The number of fused-ring (bicyclic) bond motifs is 1. The van der Waals surface area contributed by atoms with E-state index in [-0.39, 0.29) is 18.4 Å². The summed E-state index contributed by atoms with van der Waals surface area (Å²) in [6.45, 7) is 5.43. The van der Waals surface area contributed by atoms with Gasteiger partial charge in [0.15, 0.2) is 11.5 Å². The van der Waals surface area contributed by atoms with Gasteiger partial charge in [-0.25, -0.2) is 0 Å². The summed E-state index contributed by atoms with van der Waals surface area (Å²) in [5, 5.41) is 20.2. The van der Waals surface area contributed by atoms with Crippen molar-refractivity contribution in [3.05, 3.63) is 71.3 Å². The van der Waals surface area contributed by atoms with E-state index in [2.05, 4.69) is 29.7 Å². The standard InChI is InChI=1S/C21H25NO3/c1-3-6-17-11-15(12-20(25-2)21(17)24)13-22-10-9-16-7-4-5-8-18(16)19(22)14-23/h3-5,7-8,11-12,19,23-24H,1,6,9-10,13-14H2,2H3/t19-/m0/s1. The first-order chi connectivity index (χ1) is 12.2. The molecule has 2 aromatic rings. The van der Waals surface area contributed by atoms with Crippen LogP contribution >= 0.6 is 0 Å². The summed E-state index contributed by atoms with van der Waals surface area (Å²) in [5.41, 5.74) is 4.38. The van der Waals surface area contributed by atoms with Gasteiger partial charge in [0.2, 0.25) is 0 Å². The third-order valence-corrected chi connectivity index (χ3v) is 4.88. The second-order valence-electron chi connectivity index (χ2n) is 6.42. The molecule has 2 N–H and O–H groups in total. The summed E-state index contributed by atoms with van der Waals surface area (Å²) in [6.07, 6.45) is 3.33. The molecule has 0 aromatic heterocycles. The first-order valence-corrected chi connectivity index (χ1v) is 8.60. The number of nitrogens with zero attached hydrogens (tertiary/aromatic N) is 1. The van der Waals surface area contributed by atoms with Crippen LogP contribution in [0.2, 0.25) is 0 Å². The first-order valence-electron chi connectivity index (χ1n) is 8.60. The molecule has 3 rings (SSSR count). The van der Waals surface area contributed by atoms with Gasteiger partial charge >= 0.3 is 0 Å². The van der Waals surface area contributed by atoms with Gasteiger partial charge in [0.05, 0.1) is 19.8 Å². The van der Waals surface area contributed by atoms with Crippen molar-refractivity contribution in [3.8, 4) is 11.5 Å². The van der Waals surface area contributed by atoms with E-state index in [0.29, 0.717) is 18.7 Å². The lowest BCUT2D eigenvalue weighted by molar-refractivity contribution is 0.108. The monoisotopic (exact) mass is 339 g/mol. The Balaban J connectivity index is 1.89. The average molecular weight is 339 g/mol. The van der Waals surface area contributed by atoms with Crippen molar-refractivity contribution in [3.63, 3.8) is 0 Å². The molecule has 0 aliphatic carbocycles. The highest BCUT2D eigenvalue weighted by Crippen LogP contribution is 2.35. The molecule has 0 amide bonds. The zero-order valence-electron chi connectivity index (χ0n) is 14.6. The number of ether oxygens (including phenoxy) is 1. The van der Waals surface area contributed by atoms with Crippen molar-refractivity contribution in [1.82, 2.24) is 4.90 Å². The minimum atomic E-state index is -0.00685. The van der Waals surface area contributed by atoms with Crippen LogP contribution in [-0.4, -0.2) is 35.4 Å². The molecule has 0 fully saturated rings. The Morgan fingerprint density at radius 3 is 2.84 bits per heavy atom. The van der Waals surface area contributed by atoms with Crippen LogP contribution in [-0.2, 0) is 19.4 Å². The Morgan fingerprint density at radius 2 is 2.12 bits per heavy atom. The Kier molecular flexibility index (Phi) is 5.41. The highest BCUT2D eigenvalue weighted by Gasteiger charge is 2.26. The molecule has 2 aromatic carbocycles. The first kappa shape index (κ1) is 17.5. The summed E-state index contributed by atoms with van der Waals surface area (Å²) in [6, 6.07) is 12.2. The fourth-order valence-corrected chi connectivity index (χ4v) is 3.63. The number of benzene rings is 2. The summed E-state index contributed by atoms with van der Waals surface area (Å²) in [5.74, 6) is 0.654. The van der Waals surface area contributed by atoms with Crippen LogP contribution in [0.3, 0.4) is 0 Å². The molecule has 0 unspecified atom stereocenters. The minimum absolute atomic E-state index is 0.00685. The molecule has 1 heterocycles. The van der Waals surface area contributed by atoms with E-state index in [1.807, 2.05) is 18.2 Å². The summed E-state index contributed by atoms with van der Waals surface area (Å²) in [7, 11) is 1.56. The van der Waals surface area contributed by atoms with Gasteiger partial charge in [-0.05, 0) is 35.6 Å². The van der Waals surface area contributed by atoms with Crippen LogP contribution in [0, 0.1) is 0 Å². The molecule has 0 spiro atoms. The molecule has 25 heavy (non-hydrogen) atoms. The molecule has 1 aliphatic rings. The minimum Gasteiger partial charge on any atom is -0.504 e. The van der Waals surface area contributed by atoms with Crippen LogP contribution < -0.4 is 4.74 Å². The third-order valence-electron chi connectivity index (χ3n) is 4.88. The lowest BCUT2D eigenvalue weighted by atomic mass is 9.92. The number of methoxy groups -OCH3 is 1. The molecule has 0 saturated heterocycles. The zero-order chi connectivity index (χ0) is 17.8. The molecule has 132 valence electrons. The van der Waals surface area contributed by atoms with Crippen LogP contribution in [0.15, 0.2) is 49.1 Å². The number of aromatic hydroxyl groups is 1. The van der Waals surface area contributed by atoms with Gasteiger partial charge in [0.25, 0.3) is 0 Å². The molecular formula is C21H25NO3. The molecule has 0 saturated carbocycles. The molecule has 4 heteroatoms. The average Bonchev–Trinajstić information content (AvgIpc) is 2.64. The number of phenolic OH excluding ortho intramolecular Hbond substituents is 1. The molecule has 1 aliphatic heterocycles. The molecular weight excluding hydrogens is 314 g/mol. The smallest absolute Gasteiger partial charge is 0.161 e. The van der Waals surface area contributed by atoms with Crippen LogP contribution in [0.4, 0.5) is 0 Å². The number of aliphatic hydroxyl groups excluding tert-OH is 1. The van der Waals surface area contributed by atoms with Crippen LogP contribution in [0.1, 0.15) is 28.3 Å². The maximum Gasteiger partial charge on any atom is 0.161 e. The fourth-order valence-electron chi connectivity index (χ4n) is 3.63. The second kappa shape index (κ2) is 7.72. The van der Waals surface area contributed by atoms with Crippen molar-refractivity contribution >= 4 is 0 Å². The Labute approximate surface area is 149 Å². The zero-order valence-corrected chi connectivity index (χ0v) is 14.6. The van der Waals surface area contributed by atoms with Gasteiger partial charge in [0, 0.05) is 18.7 Å². The topological polar surface area (TPSA) is 52.9 Å². The van der Waals surface area contributed by atoms with E-state index in [1.54, 1.807) is 13.2 Å². The highest BCUT2D eigenvalue weighted by atomic mass is 16.5. The van der Waals surface area contributed by atoms with E-state index in [4.69, 9.17) is 4.74 Å². The maximum atomic E-state index is 10.3. The van der Waals surface area contributed by atoms with Crippen molar-refractivity contribution < 1.29 is 14.9 Å². The van der Waals surface area contributed by atoms with Gasteiger partial charge in [-0.15, -0.1) is 6.58 Å². The second-order valence-corrected chi connectivity index (χ2v) is 6.42. The number of rotatable bonds is 6. The SMILES string of the molecule is C=CCc1cc(CN2CCc3ccccc3[C@@H]2CO)cc(OC)c1O. The quantitative estimate of drug-likeness (QED) is 0.794. The maximum absolute atomic E-state index is 10.3. The lowest BCUT2D eigenvalue weighted by Gasteiger charge is -2.36. The lowest BCUT2D eigenvalue weighted by Crippen LogP contribution is -2.36. The van der Waals surface area contributed by atoms with Gasteiger partial charge in [0.1, 0.15) is 0 Å². The number of allylic oxidation sites excluding steroid dienone is 1. The number of aliphatic hydroxyl groups is 1. The van der Waals surface area contributed by atoms with E-state index in [1.165, 1.54) is 11.1 Å². The number of phenols is 1. The van der Waals surface area contributed by atoms with Gasteiger partial charge < -0.3 is 14.9 Å². The van der Waals surface area contributed by atoms with Crippen LogP contribution in [0.5, 0.6) is 11.5 Å². The van der Waals surface area contributed by atoms with Crippen molar-refractivity contribution in [2.75, 3.05) is 20.3 Å². The Bertz CT molecular complexity index is 757. The van der Waals surface area contributed by atoms with Gasteiger partial charge in [-0.1, -0.05) is 36.4 Å². The van der Waals surface area contributed by atoms with Gasteiger partial charge in [-0.2, -0.15) is 0 Å². The predicted molar refractivity (Wildman–Crippen MR) is 98.9 cm³/mol. The Hall–Kier alpha value is -2.30. The fraction of sp³-hybridized carbons (Fsp3) is 0.333. The normalized spacial score (nSPS) is 17.1. The molecule has 0 radical (unpaired) electrons. The summed E-state index contributed by atoms with van der Waals surface area (Å²) >= 11 is 0. The van der Waals surface area contributed by atoms with Crippen molar-refractivity contribution in [2.45, 2.75) is 25.4 Å². The summed E-state index contributed by atoms with van der Waals surface area (Å²) in [4.78, 5) is 2.28.